The van der Waals surface area contributed by atoms with Gasteiger partial charge in [0.15, 0.2) is 0 Å². The highest BCUT2D eigenvalue weighted by Gasteiger charge is 2.34. The van der Waals surface area contributed by atoms with Crippen LogP contribution >= 0.6 is 11.3 Å². The van der Waals surface area contributed by atoms with Crippen LogP contribution in [0.5, 0.6) is 0 Å². The zero-order valence-corrected chi connectivity index (χ0v) is 20.3. The molecular formula is C24H29N3O4S2. The maximum atomic E-state index is 13.1. The van der Waals surface area contributed by atoms with E-state index in [0.717, 1.165) is 12.8 Å². The van der Waals surface area contributed by atoms with Crippen molar-refractivity contribution in [3.05, 3.63) is 58.3 Å². The lowest BCUT2D eigenvalue weighted by molar-refractivity contribution is -0.117. The summed E-state index contributed by atoms with van der Waals surface area (Å²) >= 11 is 1.55. The van der Waals surface area contributed by atoms with Crippen molar-refractivity contribution in [2.45, 2.75) is 50.0 Å². The molecule has 176 valence electrons. The van der Waals surface area contributed by atoms with E-state index in [9.17, 15) is 18.0 Å². The van der Waals surface area contributed by atoms with Crippen molar-refractivity contribution < 1.29 is 18.0 Å². The van der Waals surface area contributed by atoms with Gasteiger partial charge in [0.1, 0.15) is 0 Å². The highest BCUT2D eigenvalue weighted by molar-refractivity contribution is 7.89. The van der Waals surface area contributed by atoms with E-state index >= 15 is 0 Å². The highest BCUT2D eigenvalue weighted by Crippen LogP contribution is 2.30. The molecule has 2 amide bonds. The van der Waals surface area contributed by atoms with Gasteiger partial charge in [-0.2, -0.15) is 4.31 Å². The molecule has 2 aromatic rings. The van der Waals surface area contributed by atoms with Crippen LogP contribution in [0, 0.1) is 5.92 Å². The van der Waals surface area contributed by atoms with Crippen molar-refractivity contribution in [2.75, 3.05) is 18.4 Å². The van der Waals surface area contributed by atoms with Crippen molar-refractivity contribution in [3.63, 3.8) is 0 Å². The summed E-state index contributed by atoms with van der Waals surface area (Å²) in [5, 5.41) is 5.74. The summed E-state index contributed by atoms with van der Waals surface area (Å²) in [6, 6.07) is 8.21. The predicted octanol–water partition coefficient (Wildman–Crippen LogP) is 3.58. The molecular weight excluding hydrogens is 458 g/mol. The second-order valence-corrected chi connectivity index (χ2v) is 11.8. The van der Waals surface area contributed by atoms with Crippen LogP contribution < -0.4 is 10.6 Å². The van der Waals surface area contributed by atoms with Gasteiger partial charge in [-0.1, -0.05) is 13.5 Å². The Morgan fingerprint density at radius 1 is 1.18 bits per heavy atom. The molecule has 0 saturated carbocycles. The molecule has 2 atom stereocenters. The Morgan fingerprint density at radius 2 is 1.91 bits per heavy atom. The number of carbonyl (C=O) groups excluding carboxylic acids is 2. The average molecular weight is 488 g/mol. The molecule has 2 aliphatic rings. The Labute approximate surface area is 198 Å². The van der Waals surface area contributed by atoms with Crippen molar-refractivity contribution in [1.82, 2.24) is 9.62 Å². The fourth-order valence-corrected chi connectivity index (χ4v) is 7.14. The lowest BCUT2D eigenvalue weighted by Crippen LogP contribution is -2.51. The highest BCUT2D eigenvalue weighted by atomic mass is 32.2. The lowest BCUT2D eigenvalue weighted by Gasteiger charge is -2.36. The molecule has 2 N–H and O–H groups in total. The van der Waals surface area contributed by atoms with Crippen LogP contribution in [0.1, 0.15) is 46.3 Å². The summed E-state index contributed by atoms with van der Waals surface area (Å²) in [7, 11) is -3.66. The Bertz CT molecular complexity index is 1130. The molecule has 1 fully saturated rings. The van der Waals surface area contributed by atoms with Gasteiger partial charge in [0.2, 0.25) is 15.9 Å². The SMILES string of the molecule is C=CC(=O)NC1CCN(S(=O)(=O)c2ccc(NC(=O)c3cc4c(s3)CCCC4)cc2)CC1C. The number of hydrogen-bond acceptors (Lipinski definition) is 5. The molecule has 33 heavy (non-hydrogen) atoms. The van der Waals surface area contributed by atoms with Gasteiger partial charge < -0.3 is 10.6 Å². The van der Waals surface area contributed by atoms with Crippen LogP contribution in [0.25, 0.3) is 0 Å². The minimum absolute atomic E-state index is 0.0207. The van der Waals surface area contributed by atoms with Gasteiger partial charge in [0, 0.05) is 29.7 Å². The summed E-state index contributed by atoms with van der Waals surface area (Å²) in [4.78, 5) is 26.4. The van der Waals surface area contributed by atoms with Gasteiger partial charge in [-0.05, 0) is 80.0 Å². The fourth-order valence-electron chi connectivity index (χ4n) is 4.44. The number of fused-ring (bicyclic) bond motifs is 1. The van der Waals surface area contributed by atoms with Crippen LogP contribution in [0.2, 0.25) is 0 Å². The third-order valence-electron chi connectivity index (χ3n) is 6.35. The average Bonchev–Trinajstić information content (AvgIpc) is 3.25. The first-order valence-corrected chi connectivity index (χ1v) is 13.5. The van der Waals surface area contributed by atoms with E-state index in [4.69, 9.17) is 0 Å². The molecule has 1 aliphatic heterocycles. The minimum Gasteiger partial charge on any atom is -0.349 e. The van der Waals surface area contributed by atoms with Crippen molar-refractivity contribution in [1.29, 1.82) is 0 Å². The summed E-state index contributed by atoms with van der Waals surface area (Å²) < 4.78 is 27.7. The number of carbonyl (C=O) groups is 2. The number of sulfonamides is 1. The molecule has 9 heteroatoms. The normalized spacial score (nSPS) is 21.1. The predicted molar refractivity (Wildman–Crippen MR) is 130 cm³/mol. The minimum atomic E-state index is -3.66. The zero-order valence-electron chi connectivity index (χ0n) is 18.7. The maximum absolute atomic E-state index is 13.1. The molecule has 2 heterocycles. The van der Waals surface area contributed by atoms with E-state index in [0.29, 0.717) is 30.1 Å². The number of nitrogens with zero attached hydrogens (tertiary/aromatic N) is 1. The molecule has 2 unspecified atom stereocenters. The van der Waals surface area contributed by atoms with E-state index in [2.05, 4.69) is 17.2 Å². The van der Waals surface area contributed by atoms with Gasteiger partial charge in [-0.25, -0.2) is 8.42 Å². The summed E-state index contributed by atoms with van der Waals surface area (Å²) in [5.41, 5.74) is 1.84. The lowest BCUT2D eigenvalue weighted by atomic mass is 9.95. The number of rotatable bonds is 6. The van der Waals surface area contributed by atoms with Crippen molar-refractivity contribution in [2.24, 2.45) is 5.92 Å². The molecule has 4 rings (SSSR count). The maximum Gasteiger partial charge on any atom is 0.265 e. The Hall–Kier alpha value is -2.49. The third kappa shape index (κ3) is 5.20. The second-order valence-electron chi connectivity index (χ2n) is 8.69. The van der Waals surface area contributed by atoms with Crippen LogP contribution in [0.3, 0.4) is 0 Å². The largest absolute Gasteiger partial charge is 0.349 e. The van der Waals surface area contributed by atoms with Crippen LogP contribution in [-0.4, -0.2) is 43.7 Å². The van der Waals surface area contributed by atoms with Gasteiger partial charge >= 0.3 is 0 Å². The van der Waals surface area contributed by atoms with Gasteiger partial charge in [-0.3, -0.25) is 9.59 Å². The number of benzene rings is 1. The van der Waals surface area contributed by atoms with E-state index in [1.807, 2.05) is 13.0 Å². The summed E-state index contributed by atoms with van der Waals surface area (Å²) in [6.07, 6.45) is 6.17. The number of hydrogen-bond donors (Lipinski definition) is 2. The standard InChI is InChI=1S/C24H29N3O4S2/c1-3-23(28)26-20-12-13-27(15-16(20)2)33(30,31)19-10-8-18(9-11-19)25-24(29)22-14-17-6-4-5-7-21(17)32-22/h3,8-11,14,16,20H,1,4-7,12-13,15H2,2H3,(H,25,29)(H,26,28). The summed E-state index contributed by atoms with van der Waals surface area (Å²) in [5.74, 6) is -0.432. The van der Waals surface area contributed by atoms with Gasteiger partial charge in [0.05, 0.1) is 9.77 Å². The smallest absolute Gasteiger partial charge is 0.265 e. The van der Waals surface area contributed by atoms with E-state index < -0.39 is 10.0 Å². The fraction of sp³-hybridized carbons (Fsp3) is 0.417. The first kappa shape index (κ1) is 23.7. The molecule has 0 radical (unpaired) electrons. The zero-order chi connectivity index (χ0) is 23.6. The van der Waals surface area contributed by atoms with Crippen molar-refractivity contribution >= 4 is 38.9 Å². The van der Waals surface area contributed by atoms with Gasteiger partial charge in [0.25, 0.3) is 5.91 Å². The quantitative estimate of drug-likeness (QED) is 0.609. The Kier molecular flexibility index (Phi) is 7.02. The van der Waals surface area contributed by atoms with E-state index in [1.165, 1.54) is 45.8 Å². The van der Waals surface area contributed by atoms with Crippen LogP contribution in [-0.2, 0) is 27.7 Å². The van der Waals surface area contributed by atoms with Crippen LogP contribution in [0.15, 0.2) is 47.9 Å². The van der Waals surface area contributed by atoms with Crippen molar-refractivity contribution in [3.8, 4) is 0 Å². The molecule has 0 spiro atoms. The number of thiophene rings is 1. The molecule has 0 bridgehead atoms. The Balaban J connectivity index is 1.40. The molecule has 1 saturated heterocycles. The molecule has 7 nitrogen and oxygen atoms in total. The number of aryl methyl sites for hydroxylation is 2. The monoisotopic (exact) mass is 487 g/mol. The molecule has 1 aromatic heterocycles. The number of nitrogens with one attached hydrogen (secondary N) is 2. The first-order chi connectivity index (χ1) is 15.8. The topological polar surface area (TPSA) is 95.6 Å². The second kappa shape index (κ2) is 9.79. The first-order valence-electron chi connectivity index (χ1n) is 11.2. The van der Waals surface area contributed by atoms with E-state index in [-0.39, 0.29) is 28.7 Å². The summed E-state index contributed by atoms with van der Waals surface area (Å²) in [6.45, 7) is 6.04. The number of piperidine rings is 1. The number of amides is 2. The number of anilines is 1. The van der Waals surface area contributed by atoms with Crippen LogP contribution in [0.4, 0.5) is 5.69 Å². The molecule has 1 aliphatic carbocycles. The third-order valence-corrected chi connectivity index (χ3v) is 9.47. The van der Waals surface area contributed by atoms with Gasteiger partial charge in [-0.15, -0.1) is 11.3 Å². The molecule has 1 aromatic carbocycles. The Morgan fingerprint density at radius 3 is 2.58 bits per heavy atom. The van der Waals surface area contributed by atoms with E-state index in [1.54, 1.807) is 23.5 Å².